The molecule has 10 aromatic carbocycles. The summed E-state index contributed by atoms with van der Waals surface area (Å²) in [6.07, 6.45) is 10.7. The molecule has 0 aromatic heterocycles. The van der Waals surface area contributed by atoms with Gasteiger partial charge in [0.1, 0.15) is 0 Å². The molecular formula is C65H50N2. The fourth-order valence-corrected chi connectivity index (χ4v) is 10.3. The standard InChI is InChI=1S/C65H50N2/c1-4-16-48-28-36-59(43-47(48)3)67(60-37-30-51-20-8-10-22-53(51)45-60)57-40-33-55(34-41-57)65(63-26-13-11-24-61(63)62-25-12-14-27-64(62)65)54-31-38-56(39-32-54)66(42-15-23-49-18-6-5-17-46(49)2)58-35-29-50-19-7-9-21-52(50)44-58/h4-45H,2H2,1,3H3/b16-4-,42-15+,49-23-. The molecule has 10 aromatic rings. The van der Waals surface area contributed by atoms with Crippen LogP contribution in [-0.4, -0.2) is 0 Å². The van der Waals surface area contributed by atoms with E-state index in [9.17, 15) is 0 Å². The third-order valence-corrected chi connectivity index (χ3v) is 13.5. The summed E-state index contributed by atoms with van der Waals surface area (Å²) in [7, 11) is 0. The van der Waals surface area contributed by atoms with Crippen LogP contribution in [0.3, 0.4) is 0 Å². The Morgan fingerprint density at radius 3 is 1.55 bits per heavy atom. The van der Waals surface area contributed by atoms with Crippen LogP contribution in [0.5, 0.6) is 0 Å². The first kappa shape index (κ1) is 41.3. The van der Waals surface area contributed by atoms with Crippen LogP contribution >= 0.6 is 0 Å². The van der Waals surface area contributed by atoms with Crippen molar-refractivity contribution in [2.45, 2.75) is 19.3 Å². The zero-order valence-electron chi connectivity index (χ0n) is 37.9. The van der Waals surface area contributed by atoms with E-state index >= 15 is 0 Å². The summed E-state index contributed by atoms with van der Waals surface area (Å²) in [5.74, 6) is 0. The van der Waals surface area contributed by atoms with Crippen molar-refractivity contribution in [2.24, 2.45) is 0 Å². The smallest absolute Gasteiger partial charge is 0.0713 e. The largest absolute Gasteiger partial charge is 0.317 e. The minimum Gasteiger partial charge on any atom is -0.317 e. The molecule has 0 N–H and O–H groups in total. The Hall–Kier alpha value is -8.46. The molecule has 0 radical (unpaired) electrons. The van der Waals surface area contributed by atoms with Crippen molar-refractivity contribution in [2.75, 3.05) is 9.80 Å². The SMILES string of the molecule is C=c1cccc/c1=C/C=C/N(c1ccc(C2(c3ccc(N(c4ccc(/C=C\C)c(C)c4)c4ccc5ccccc5c4)cc3)c3ccccc3-c3ccccc32)cc1)c1ccc2ccccc2c1. The molecule has 0 saturated heterocycles. The summed E-state index contributed by atoms with van der Waals surface area (Å²) in [5.41, 5.74) is 14.9. The van der Waals surface area contributed by atoms with E-state index in [-0.39, 0.29) is 0 Å². The molecule has 0 unspecified atom stereocenters. The van der Waals surface area contributed by atoms with E-state index in [1.54, 1.807) is 0 Å². The predicted molar refractivity (Wildman–Crippen MR) is 286 cm³/mol. The van der Waals surface area contributed by atoms with E-state index in [0.717, 1.165) is 38.9 Å². The summed E-state index contributed by atoms with van der Waals surface area (Å²) >= 11 is 0. The lowest BCUT2D eigenvalue weighted by atomic mass is 9.67. The second-order valence-corrected chi connectivity index (χ2v) is 17.5. The first-order chi connectivity index (χ1) is 33.0. The summed E-state index contributed by atoms with van der Waals surface area (Å²) in [6.45, 7) is 8.53. The maximum absolute atomic E-state index is 4.26. The Morgan fingerprint density at radius 2 is 0.940 bits per heavy atom. The summed E-state index contributed by atoms with van der Waals surface area (Å²) < 4.78 is 0. The van der Waals surface area contributed by atoms with E-state index in [0.29, 0.717) is 0 Å². The van der Waals surface area contributed by atoms with Gasteiger partial charge in [0.2, 0.25) is 0 Å². The van der Waals surface area contributed by atoms with Gasteiger partial charge in [-0.3, -0.25) is 0 Å². The number of fused-ring (bicyclic) bond motifs is 5. The number of anilines is 5. The Balaban J connectivity index is 1.06. The number of hydrogen-bond donors (Lipinski definition) is 0. The third kappa shape index (κ3) is 7.43. The molecule has 1 aliphatic rings. The van der Waals surface area contributed by atoms with Gasteiger partial charge in [0.15, 0.2) is 0 Å². The molecule has 0 saturated carbocycles. The quantitative estimate of drug-likeness (QED) is 0.135. The first-order valence-electron chi connectivity index (χ1n) is 23.1. The molecule has 0 aliphatic heterocycles. The van der Waals surface area contributed by atoms with Crippen LogP contribution < -0.4 is 20.2 Å². The molecule has 320 valence electrons. The highest BCUT2D eigenvalue weighted by Gasteiger charge is 2.46. The van der Waals surface area contributed by atoms with Crippen molar-refractivity contribution in [3.05, 3.63) is 287 Å². The first-order valence-corrected chi connectivity index (χ1v) is 23.1. The average Bonchev–Trinajstić information content (AvgIpc) is 3.68. The highest BCUT2D eigenvalue weighted by Crippen LogP contribution is 2.56. The molecule has 1 aliphatic carbocycles. The highest BCUT2D eigenvalue weighted by molar-refractivity contribution is 5.91. The molecule has 0 amide bonds. The number of hydrogen-bond acceptors (Lipinski definition) is 2. The van der Waals surface area contributed by atoms with E-state index in [1.807, 2.05) is 12.1 Å². The van der Waals surface area contributed by atoms with Crippen LogP contribution in [0.15, 0.2) is 243 Å². The lowest BCUT2D eigenvalue weighted by Gasteiger charge is -2.35. The molecule has 67 heavy (non-hydrogen) atoms. The number of nitrogens with zero attached hydrogens (tertiary/aromatic N) is 2. The van der Waals surface area contributed by atoms with Crippen LogP contribution in [0.2, 0.25) is 0 Å². The summed E-state index contributed by atoms with van der Waals surface area (Å²) in [5, 5.41) is 6.94. The van der Waals surface area contributed by atoms with Crippen molar-refractivity contribution in [3.63, 3.8) is 0 Å². The van der Waals surface area contributed by atoms with Gasteiger partial charge in [-0.15, -0.1) is 0 Å². The Morgan fingerprint density at radius 1 is 0.448 bits per heavy atom. The van der Waals surface area contributed by atoms with Crippen molar-refractivity contribution in [1.82, 2.24) is 0 Å². The number of rotatable bonds is 10. The summed E-state index contributed by atoms with van der Waals surface area (Å²) in [4.78, 5) is 4.67. The van der Waals surface area contributed by atoms with Gasteiger partial charge < -0.3 is 9.80 Å². The van der Waals surface area contributed by atoms with Crippen molar-refractivity contribution >= 4 is 68.7 Å². The zero-order valence-corrected chi connectivity index (χ0v) is 37.9. The van der Waals surface area contributed by atoms with E-state index in [4.69, 9.17) is 0 Å². The highest BCUT2D eigenvalue weighted by atomic mass is 15.1. The Kier molecular flexibility index (Phi) is 10.8. The lowest BCUT2D eigenvalue weighted by molar-refractivity contribution is 0.768. The summed E-state index contributed by atoms with van der Waals surface area (Å²) in [6, 6.07) is 82.2. The molecule has 0 fully saturated rings. The fraction of sp³-hybridized carbons (Fsp3) is 0.0462. The van der Waals surface area contributed by atoms with Crippen LogP contribution in [0.4, 0.5) is 28.4 Å². The van der Waals surface area contributed by atoms with Crippen LogP contribution in [0.1, 0.15) is 40.3 Å². The molecule has 0 spiro atoms. The molecule has 0 bridgehead atoms. The van der Waals surface area contributed by atoms with Crippen molar-refractivity contribution < 1.29 is 0 Å². The minimum atomic E-state index is -0.571. The molecule has 0 atom stereocenters. The normalized spacial score (nSPS) is 13.1. The maximum atomic E-state index is 4.26. The van der Waals surface area contributed by atoms with Gasteiger partial charge in [0, 0.05) is 34.6 Å². The second kappa shape index (κ2) is 17.5. The molecular weight excluding hydrogens is 809 g/mol. The zero-order chi connectivity index (χ0) is 45.3. The van der Waals surface area contributed by atoms with E-state index in [1.165, 1.54) is 66.1 Å². The van der Waals surface area contributed by atoms with Crippen molar-refractivity contribution in [3.8, 4) is 11.1 Å². The van der Waals surface area contributed by atoms with Crippen LogP contribution in [0, 0.1) is 6.92 Å². The topological polar surface area (TPSA) is 6.48 Å². The number of benzene rings is 10. The van der Waals surface area contributed by atoms with Gasteiger partial charge >= 0.3 is 0 Å². The lowest BCUT2D eigenvalue weighted by Crippen LogP contribution is -2.28. The fourth-order valence-electron chi connectivity index (χ4n) is 10.3. The molecule has 2 nitrogen and oxygen atoms in total. The molecule has 0 heterocycles. The number of allylic oxidation sites excluding steroid dienone is 2. The van der Waals surface area contributed by atoms with Gasteiger partial charge in [-0.05, 0) is 157 Å². The Bertz CT molecular complexity index is 3590. The minimum absolute atomic E-state index is 0.571. The molecule has 2 heteroatoms. The Labute approximate surface area is 393 Å². The van der Waals surface area contributed by atoms with Gasteiger partial charge in [0.05, 0.1) is 5.41 Å². The monoisotopic (exact) mass is 858 g/mol. The third-order valence-electron chi connectivity index (χ3n) is 13.5. The van der Waals surface area contributed by atoms with Crippen LogP contribution in [0.25, 0.3) is 51.4 Å². The average molecular weight is 859 g/mol. The van der Waals surface area contributed by atoms with Crippen molar-refractivity contribution in [1.29, 1.82) is 0 Å². The second-order valence-electron chi connectivity index (χ2n) is 17.5. The van der Waals surface area contributed by atoms with E-state index in [2.05, 4.69) is 273 Å². The maximum Gasteiger partial charge on any atom is 0.0713 e. The molecule has 11 rings (SSSR count). The predicted octanol–water partition coefficient (Wildman–Crippen LogP) is 15.7. The van der Waals surface area contributed by atoms with E-state index < -0.39 is 5.41 Å². The van der Waals surface area contributed by atoms with Crippen LogP contribution in [-0.2, 0) is 5.41 Å². The van der Waals surface area contributed by atoms with Gasteiger partial charge in [0.25, 0.3) is 0 Å². The van der Waals surface area contributed by atoms with Gasteiger partial charge in [-0.1, -0.05) is 189 Å². The number of aryl methyl sites for hydroxylation is 1. The van der Waals surface area contributed by atoms with Gasteiger partial charge in [-0.2, -0.15) is 0 Å². The van der Waals surface area contributed by atoms with Gasteiger partial charge in [-0.25, -0.2) is 0 Å².